The first-order chi connectivity index (χ1) is 14.2. The molecular formula is C19H18ClFN8. The lowest BCUT2D eigenvalue weighted by atomic mass is 10.2. The first kappa shape index (κ1) is 17.9. The average Bonchev–Trinajstić information content (AvgIpc) is 3.10. The average molecular weight is 413 g/mol. The molecule has 0 amide bonds. The minimum Gasteiger partial charge on any atom is -0.358 e. The fourth-order valence-electron chi connectivity index (χ4n) is 3.17. The van der Waals surface area contributed by atoms with Crippen molar-refractivity contribution in [2.75, 3.05) is 17.2 Å². The lowest BCUT2D eigenvalue weighted by Gasteiger charge is -2.07. The van der Waals surface area contributed by atoms with E-state index in [0.717, 1.165) is 22.4 Å². The summed E-state index contributed by atoms with van der Waals surface area (Å²) in [5, 5.41) is 13.9. The van der Waals surface area contributed by atoms with Crippen LogP contribution in [0.1, 0.15) is 23.7 Å². The van der Waals surface area contributed by atoms with E-state index < -0.39 is 6.17 Å². The van der Waals surface area contributed by atoms with E-state index in [4.69, 9.17) is 11.6 Å². The second kappa shape index (κ2) is 7.32. The number of aromatic amines is 2. The van der Waals surface area contributed by atoms with Crippen LogP contribution in [-0.4, -0.2) is 42.8 Å². The van der Waals surface area contributed by atoms with Gasteiger partial charge in [0.25, 0.3) is 0 Å². The zero-order valence-electron chi connectivity index (χ0n) is 15.3. The van der Waals surface area contributed by atoms with Crippen LogP contribution in [0.2, 0.25) is 5.02 Å². The number of halogens is 2. The summed E-state index contributed by atoms with van der Waals surface area (Å²) >= 11 is 6.13. The third-order valence-corrected chi connectivity index (χ3v) is 5.11. The van der Waals surface area contributed by atoms with Crippen LogP contribution in [0.15, 0.2) is 36.7 Å². The number of fused-ring (bicyclic) bond motifs is 1. The van der Waals surface area contributed by atoms with E-state index in [-0.39, 0.29) is 5.92 Å². The van der Waals surface area contributed by atoms with Crippen LogP contribution in [0.5, 0.6) is 0 Å². The minimum atomic E-state index is -0.762. The normalized spacial score (nSPS) is 18.1. The van der Waals surface area contributed by atoms with Crippen molar-refractivity contribution in [3.8, 4) is 0 Å². The van der Waals surface area contributed by atoms with Crippen LogP contribution in [0, 0.1) is 0 Å². The summed E-state index contributed by atoms with van der Waals surface area (Å²) in [5.74, 6) is 1.64. The van der Waals surface area contributed by atoms with Crippen LogP contribution in [0.25, 0.3) is 11.0 Å². The zero-order valence-corrected chi connectivity index (χ0v) is 16.0. The van der Waals surface area contributed by atoms with Crippen molar-refractivity contribution >= 4 is 40.2 Å². The molecule has 0 aliphatic heterocycles. The third-order valence-electron chi connectivity index (χ3n) is 4.82. The lowest BCUT2D eigenvalue weighted by molar-refractivity contribution is 0.466. The van der Waals surface area contributed by atoms with E-state index in [2.05, 4.69) is 40.8 Å². The van der Waals surface area contributed by atoms with Gasteiger partial charge in [0.15, 0.2) is 5.82 Å². The second-order valence-electron chi connectivity index (χ2n) is 6.97. The largest absolute Gasteiger partial charge is 0.358 e. The zero-order chi connectivity index (χ0) is 19.8. The van der Waals surface area contributed by atoms with Crippen molar-refractivity contribution in [1.82, 2.24) is 30.1 Å². The van der Waals surface area contributed by atoms with Gasteiger partial charge in [-0.1, -0.05) is 11.6 Å². The van der Waals surface area contributed by atoms with Gasteiger partial charge in [0.05, 0.1) is 10.5 Å². The Morgan fingerprint density at radius 3 is 2.97 bits per heavy atom. The summed E-state index contributed by atoms with van der Waals surface area (Å²) in [5.41, 5.74) is 3.42. The van der Waals surface area contributed by atoms with Gasteiger partial charge in [-0.3, -0.25) is 5.10 Å². The van der Waals surface area contributed by atoms with Crippen LogP contribution in [0.3, 0.4) is 0 Å². The Bertz CT molecular complexity index is 1160. The summed E-state index contributed by atoms with van der Waals surface area (Å²) in [4.78, 5) is 16.3. The molecule has 4 N–H and O–H groups in total. The Labute approximate surface area is 170 Å². The SMILES string of the molecule is F[C@H]1C[C@@H]1c1cc(Nc2ccnc(NCCc3ccc4[nH]cc(Cl)c4n3)n2)n[nH]1. The predicted molar refractivity (Wildman–Crippen MR) is 109 cm³/mol. The monoisotopic (exact) mass is 412 g/mol. The molecule has 1 fully saturated rings. The van der Waals surface area contributed by atoms with E-state index in [1.165, 1.54) is 0 Å². The first-order valence-electron chi connectivity index (χ1n) is 9.31. The molecule has 0 aromatic carbocycles. The standard InChI is InChI=1S/C19H18ClFN8/c20-12-9-24-14-2-1-10(25-18(12)14)3-5-22-19-23-6-4-16(27-19)26-17-8-15(28-29-17)11-7-13(11)21/h1-2,4,6,8-9,11,13,24H,3,5,7H2,(H3,22,23,26,27,28,29)/t11-,13-/m0/s1. The van der Waals surface area contributed by atoms with E-state index >= 15 is 0 Å². The lowest BCUT2D eigenvalue weighted by Crippen LogP contribution is -2.09. The number of hydrogen-bond donors (Lipinski definition) is 4. The molecule has 4 heterocycles. The quantitative estimate of drug-likeness (QED) is 0.366. The number of nitrogens with zero attached hydrogens (tertiary/aromatic N) is 4. The predicted octanol–water partition coefficient (Wildman–Crippen LogP) is 3.95. The van der Waals surface area contributed by atoms with Gasteiger partial charge in [0, 0.05) is 48.7 Å². The number of H-pyrrole nitrogens is 2. The molecule has 0 unspecified atom stereocenters. The number of anilines is 3. The maximum absolute atomic E-state index is 13.2. The van der Waals surface area contributed by atoms with Crippen molar-refractivity contribution in [2.45, 2.75) is 24.9 Å². The fraction of sp³-hybridized carbons (Fsp3) is 0.263. The first-order valence-corrected chi connectivity index (χ1v) is 9.69. The minimum absolute atomic E-state index is 0.0605. The van der Waals surface area contributed by atoms with Gasteiger partial charge >= 0.3 is 0 Å². The maximum Gasteiger partial charge on any atom is 0.224 e. The topological polar surface area (TPSA) is 107 Å². The number of aromatic nitrogens is 6. The summed E-state index contributed by atoms with van der Waals surface area (Å²) in [6, 6.07) is 7.49. The van der Waals surface area contributed by atoms with Crippen LogP contribution >= 0.6 is 11.6 Å². The van der Waals surface area contributed by atoms with Gasteiger partial charge in [-0.05, 0) is 24.6 Å². The number of nitrogens with one attached hydrogen (secondary N) is 4. The molecule has 4 aromatic rings. The molecule has 8 nitrogen and oxygen atoms in total. The Kier molecular flexibility index (Phi) is 4.51. The highest BCUT2D eigenvalue weighted by Crippen LogP contribution is 2.43. The molecular weight excluding hydrogens is 395 g/mol. The number of rotatable bonds is 7. The van der Waals surface area contributed by atoms with Crippen molar-refractivity contribution in [1.29, 1.82) is 0 Å². The van der Waals surface area contributed by atoms with Gasteiger partial charge < -0.3 is 15.6 Å². The molecule has 1 aliphatic carbocycles. The molecule has 0 radical (unpaired) electrons. The highest BCUT2D eigenvalue weighted by Gasteiger charge is 2.40. The molecule has 148 valence electrons. The van der Waals surface area contributed by atoms with E-state index in [0.29, 0.717) is 42.0 Å². The molecule has 10 heteroatoms. The van der Waals surface area contributed by atoms with E-state index in [1.54, 1.807) is 18.5 Å². The molecule has 0 bridgehead atoms. The Morgan fingerprint density at radius 1 is 1.21 bits per heavy atom. The Morgan fingerprint density at radius 2 is 2.10 bits per heavy atom. The summed E-state index contributed by atoms with van der Waals surface area (Å²) in [6.45, 7) is 0.621. The van der Waals surface area contributed by atoms with Gasteiger partial charge in [0.1, 0.15) is 17.5 Å². The highest BCUT2D eigenvalue weighted by molar-refractivity contribution is 6.35. The molecule has 0 saturated heterocycles. The molecule has 1 saturated carbocycles. The summed E-state index contributed by atoms with van der Waals surface area (Å²) < 4.78 is 13.2. The van der Waals surface area contributed by atoms with Gasteiger partial charge in [-0.2, -0.15) is 10.1 Å². The second-order valence-corrected chi connectivity index (χ2v) is 7.38. The Hall–Kier alpha value is -3.20. The third kappa shape index (κ3) is 3.86. The van der Waals surface area contributed by atoms with Crippen molar-refractivity contribution < 1.29 is 4.39 Å². The maximum atomic E-state index is 13.2. The van der Waals surface area contributed by atoms with E-state index in [9.17, 15) is 4.39 Å². The van der Waals surface area contributed by atoms with Crippen LogP contribution in [0.4, 0.5) is 22.0 Å². The van der Waals surface area contributed by atoms with Gasteiger partial charge in [0.2, 0.25) is 5.95 Å². The molecule has 4 aromatic heterocycles. The Balaban J connectivity index is 1.19. The molecule has 29 heavy (non-hydrogen) atoms. The summed E-state index contributed by atoms with van der Waals surface area (Å²) in [7, 11) is 0. The summed E-state index contributed by atoms with van der Waals surface area (Å²) in [6.07, 6.45) is 3.89. The molecule has 5 rings (SSSR count). The fourth-order valence-corrected chi connectivity index (χ4v) is 3.37. The number of pyridine rings is 1. The smallest absolute Gasteiger partial charge is 0.224 e. The molecule has 1 aliphatic rings. The number of hydrogen-bond acceptors (Lipinski definition) is 6. The van der Waals surface area contributed by atoms with Crippen molar-refractivity contribution in [2.24, 2.45) is 0 Å². The number of alkyl halides is 1. The van der Waals surface area contributed by atoms with Crippen LogP contribution in [-0.2, 0) is 6.42 Å². The van der Waals surface area contributed by atoms with Crippen molar-refractivity contribution in [3.05, 3.63) is 53.1 Å². The van der Waals surface area contributed by atoms with Crippen molar-refractivity contribution in [3.63, 3.8) is 0 Å². The van der Waals surface area contributed by atoms with Gasteiger partial charge in [-0.15, -0.1) is 0 Å². The molecule has 2 atom stereocenters. The molecule has 0 spiro atoms. The van der Waals surface area contributed by atoms with Gasteiger partial charge in [-0.25, -0.2) is 14.4 Å². The van der Waals surface area contributed by atoms with E-state index in [1.807, 2.05) is 18.2 Å². The van der Waals surface area contributed by atoms with Crippen LogP contribution < -0.4 is 10.6 Å². The highest BCUT2D eigenvalue weighted by atomic mass is 35.5.